The van der Waals surface area contributed by atoms with Crippen molar-refractivity contribution in [3.8, 4) is 0 Å². The lowest BCUT2D eigenvalue weighted by Gasteiger charge is -2.21. The van der Waals surface area contributed by atoms with Crippen molar-refractivity contribution in [2.24, 2.45) is 0 Å². The highest BCUT2D eigenvalue weighted by atomic mass is 32.1. The highest BCUT2D eigenvalue weighted by molar-refractivity contribution is 7.14. The van der Waals surface area contributed by atoms with E-state index >= 15 is 0 Å². The van der Waals surface area contributed by atoms with Gasteiger partial charge in [-0.15, -0.1) is 11.3 Å². The Bertz CT molecular complexity index is 1020. The van der Waals surface area contributed by atoms with Gasteiger partial charge >= 0.3 is 0 Å². The summed E-state index contributed by atoms with van der Waals surface area (Å²) < 4.78 is 5.33. The molecule has 0 saturated carbocycles. The maximum atomic E-state index is 12.6. The number of aryl methyl sites for hydroxylation is 1. The van der Waals surface area contributed by atoms with E-state index in [0.29, 0.717) is 16.6 Å². The van der Waals surface area contributed by atoms with E-state index in [0.717, 1.165) is 37.3 Å². The van der Waals surface area contributed by atoms with Crippen LogP contribution in [0.3, 0.4) is 0 Å². The molecule has 0 radical (unpaired) electrons. The SMILES string of the molecule is Cc1nc(CN2CCC[C@@H]2c2csc(NC(=O)c3ccc(C(C)(C)C)cc3)n2)co1. The molecule has 1 aliphatic heterocycles. The van der Waals surface area contributed by atoms with Gasteiger partial charge in [-0.2, -0.15) is 0 Å². The van der Waals surface area contributed by atoms with Crippen molar-refractivity contribution in [1.29, 1.82) is 0 Å². The number of amides is 1. The van der Waals surface area contributed by atoms with E-state index in [4.69, 9.17) is 9.40 Å². The second kappa shape index (κ2) is 8.32. The van der Waals surface area contributed by atoms with Crippen LogP contribution < -0.4 is 5.32 Å². The Morgan fingerprint density at radius 2 is 2.03 bits per heavy atom. The lowest BCUT2D eigenvalue weighted by atomic mass is 9.87. The van der Waals surface area contributed by atoms with Crippen molar-refractivity contribution in [3.63, 3.8) is 0 Å². The molecule has 2 aromatic heterocycles. The standard InChI is InChI=1S/C23H28N4O2S/c1-15-24-18(13-29-15)12-27-11-5-6-20(27)19-14-30-22(25-19)26-21(28)16-7-9-17(10-8-16)23(2,3)4/h7-10,13-14,20H,5-6,11-12H2,1-4H3,(H,25,26,28)/t20-/m1/s1. The van der Waals surface area contributed by atoms with Gasteiger partial charge in [0.2, 0.25) is 0 Å². The summed E-state index contributed by atoms with van der Waals surface area (Å²) in [7, 11) is 0. The minimum absolute atomic E-state index is 0.0665. The Labute approximate surface area is 181 Å². The number of likely N-dealkylation sites (tertiary alicyclic amines) is 1. The van der Waals surface area contributed by atoms with Gasteiger partial charge in [0.15, 0.2) is 11.0 Å². The summed E-state index contributed by atoms with van der Waals surface area (Å²) in [5.74, 6) is 0.563. The van der Waals surface area contributed by atoms with E-state index in [1.165, 1.54) is 16.9 Å². The molecule has 6 nitrogen and oxygen atoms in total. The molecule has 1 saturated heterocycles. The summed E-state index contributed by atoms with van der Waals surface area (Å²) in [4.78, 5) is 24.1. The van der Waals surface area contributed by atoms with Crippen molar-refractivity contribution < 1.29 is 9.21 Å². The molecule has 1 aliphatic rings. The number of nitrogens with one attached hydrogen (secondary N) is 1. The molecule has 3 aromatic rings. The largest absolute Gasteiger partial charge is 0.449 e. The molecule has 1 aromatic carbocycles. The fourth-order valence-electron chi connectivity index (χ4n) is 3.83. The zero-order chi connectivity index (χ0) is 21.3. The quantitative estimate of drug-likeness (QED) is 0.600. The minimum Gasteiger partial charge on any atom is -0.449 e. The third-order valence-corrected chi connectivity index (χ3v) is 6.27. The maximum absolute atomic E-state index is 12.6. The van der Waals surface area contributed by atoms with Crippen molar-refractivity contribution >= 4 is 22.4 Å². The monoisotopic (exact) mass is 424 g/mol. The Morgan fingerprint density at radius 3 is 2.70 bits per heavy atom. The van der Waals surface area contributed by atoms with Crippen molar-refractivity contribution in [1.82, 2.24) is 14.9 Å². The van der Waals surface area contributed by atoms with Crippen LogP contribution in [0, 0.1) is 6.92 Å². The average molecular weight is 425 g/mol. The summed E-state index contributed by atoms with van der Waals surface area (Å²) >= 11 is 1.48. The number of aromatic nitrogens is 2. The number of oxazole rings is 1. The Kier molecular flexibility index (Phi) is 5.75. The van der Waals surface area contributed by atoms with Crippen molar-refractivity contribution in [2.75, 3.05) is 11.9 Å². The number of hydrogen-bond acceptors (Lipinski definition) is 6. The maximum Gasteiger partial charge on any atom is 0.257 e. The summed E-state index contributed by atoms with van der Waals surface area (Å²) in [6.45, 7) is 10.1. The number of anilines is 1. The fourth-order valence-corrected chi connectivity index (χ4v) is 4.58. The van der Waals surface area contributed by atoms with E-state index in [1.54, 1.807) is 6.26 Å². The van der Waals surface area contributed by atoms with E-state index in [2.05, 4.69) is 41.4 Å². The predicted octanol–water partition coefficient (Wildman–Crippen LogP) is 5.33. The summed E-state index contributed by atoms with van der Waals surface area (Å²) in [5, 5.41) is 5.64. The molecule has 0 unspecified atom stereocenters. The first-order chi connectivity index (χ1) is 14.3. The fraction of sp³-hybridized carbons (Fsp3) is 0.435. The average Bonchev–Trinajstić information content (AvgIpc) is 3.43. The molecule has 0 spiro atoms. The van der Waals surface area contributed by atoms with Crippen LogP contribution in [0.5, 0.6) is 0 Å². The molecule has 7 heteroatoms. The minimum atomic E-state index is -0.127. The zero-order valence-electron chi connectivity index (χ0n) is 17.9. The summed E-state index contributed by atoms with van der Waals surface area (Å²) in [5.41, 5.74) is 3.87. The molecule has 1 fully saturated rings. The third-order valence-electron chi connectivity index (χ3n) is 5.49. The summed E-state index contributed by atoms with van der Waals surface area (Å²) in [6, 6.07) is 8.04. The molecule has 1 atom stereocenters. The summed E-state index contributed by atoms with van der Waals surface area (Å²) in [6.07, 6.45) is 3.91. The van der Waals surface area contributed by atoms with Gasteiger partial charge in [0.1, 0.15) is 6.26 Å². The molecule has 0 bridgehead atoms. The lowest BCUT2D eigenvalue weighted by Crippen LogP contribution is -2.23. The third kappa shape index (κ3) is 4.63. The second-order valence-corrected chi connectivity index (χ2v) is 9.70. The van der Waals surface area contributed by atoms with E-state index in [-0.39, 0.29) is 17.4 Å². The number of rotatable bonds is 5. The predicted molar refractivity (Wildman–Crippen MR) is 119 cm³/mol. The van der Waals surface area contributed by atoms with Gasteiger partial charge in [0, 0.05) is 24.4 Å². The number of carbonyl (C=O) groups excluding carboxylic acids is 1. The smallest absolute Gasteiger partial charge is 0.257 e. The molecule has 0 aliphatic carbocycles. The topological polar surface area (TPSA) is 71.3 Å². The van der Waals surface area contributed by atoms with Gasteiger partial charge in [0.25, 0.3) is 5.91 Å². The van der Waals surface area contributed by atoms with Crippen molar-refractivity contribution in [2.45, 2.75) is 58.5 Å². The van der Waals surface area contributed by atoms with Crippen LogP contribution in [0.1, 0.15) is 72.9 Å². The lowest BCUT2D eigenvalue weighted by molar-refractivity contribution is 0.102. The molecule has 30 heavy (non-hydrogen) atoms. The second-order valence-electron chi connectivity index (χ2n) is 8.85. The number of nitrogens with zero attached hydrogens (tertiary/aromatic N) is 3. The number of hydrogen-bond donors (Lipinski definition) is 1. The van der Waals surface area contributed by atoms with Crippen LogP contribution in [-0.2, 0) is 12.0 Å². The van der Waals surface area contributed by atoms with Gasteiger partial charge in [-0.05, 0) is 42.5 Å². The van der Waals surface area contributed by atoms with E-state index in [9.17, 15) is 4.79 Å². The van der Waals surface area contributed by atoms with Gasteiger partial charge in [-0.3, -0.25) is 15.0 Å². The van der Waals surface area contributed by atoms with Gasteiger partial charge in [-0.1, -0.05) is 32.9 Å². The molecular formula is C23H28N4O2S. The Morgan fingerprint density at radius 1 is 1.27 bits per heavy atom. The Hall–Kier alpha value is -2.51. The number of thiazole rings is 1. The van der Waals surface area contributed by atoms with Gasteiger partial charge in [-0.25, -0.2) is 9.97 Å². The van der Waals surface area contributed by atoms with Gasteiger partial charge < -0.3 is 4.42 Å². The molecule has 158 valence electrons. The molecular weight excluding hydrogens is 396 g/mol. The van der Waals surface area contributed by atoms with Crippen LogP contribution in [0.15, 0.2) is 40.3 Å². The van der Waals surface area contributed by atoms with Crippen LogP contribution in [0.25, 0.3) is 0 Å². The van der Waals surface area contributed by atoms with Crippen molar-refractivity contribution in [3.05, 3.63) is 64.3 Å². The van der Waals surface area contributed by atoms with E-state index in [1.807, 2.05) is 31.2 Å². The first-order valence-electron chi connectivity index (χ1n) is 10.3. The number of benzene rings is 1. The first kappa shape index (κ1) is 20.8. The highest BCUT2D eigenvalue weighted by Gasteiger charge is 2.29. The molecule has 1 N–H and O–H groups in total. The van der Waals surface area contributed by atoms with E-state index < -0.39 is 0 Å². The normalized spacial score (nSPS) is 17.4. The molecule has 3 heterocycles. The zero-order valence-corrected chi connectivity index (χ0v) is 18.8. The number of carbonyl (C=O) groups is 1. The van der Waals surface area contributed by atoms with Crippen LogP contribution in [0.4, 0.5) is 5.13 Å². The van der Waals surface area contributed by atoms with Crippen LogP contribution in [0.2, 0.25) is 0 Å². The highest BCUT2D eigenvalue weighted by Crippen LogP contribution is 2.34. The van der Waals surface area contributed by atoms with Crippen LogP contribution in [-0.4, -0.2) is 27.3 Å². The Balaban J connectivity index is 1.41. The molecule has 4 rings (SSSR count). The van der Waals surface area contributed by atoms with Crippen LogP contribution >= 0.6 is 11.3 Å². The van der Waals surface area contributed by atoms with Gasteiger partial charge in [0.05, 0.1) is 17.4 Å². The first-order valence-corrected chi connectivity index (χ1v) is 11.2. The molecule has 1 amide bonds.